The Morgan fingerprint density at radius 3 is 2.05 bits per heavy atom. The molecule has 2 heteroatoms. The van der Waals surface area contributed by atoms with E-state index in [-0.39, 0.29) is 22.5 Å². The first-order valence-electron chi connectivity index (χ1n) is 7.02. The van der Waals surface area contributed by atoms with E-state index in [1.54, 1.807) is 0 Å². The molecule has 0 saturated carbocycles. The van der Waals surface area contributed by atoms with Gasteiger partial charge < -0.3 is 9.84 Å². The molecule has 2 rings (SSSR count). The van der Waals surface area contributed by atoms with Crippen LogP contribution in [0.3, 0.4) is 0 Å². The average Bonchev–Trinajstić information content (AvgIpc) is 2.34. The van der Waals surface area contributed by atoms with Gasteiger partial charge in [-0.3, -0.25) is 0 Å². The first-order valence-corrected chi connectivity index (χ1v) is 7.02. The number of aliphatic hydroxyl groups is 1. The fraction of sp³-hybridized carbons (Fsp3) is 0.647. The highest BCUT2D eigenvalue weighted by Crippen LogP contribution is 2.58. The number of rotatable bonds is 2. The highest BCUT2D eigenvalue weighted by Gasteiger charge is 2.62. The van der Waals surface area contributed by atoms with Gasteiger partial charge in [-0.25, -0.2) is 0 Å². The fourth-order valence-electron chi connectivity index (χ4n) is 2.88. The van der Waals surface area contributed by atoms with Gasteiger partial charge in [-0.2, -0.15) is 0 Å². The third kappa shape index (κ3) is 2.11. The Hall–Kier alpha value is -0.860. The van der Waals surface area contributed by atoms with E-state index in [9.17, 15) is 5.11 Å². The van der Waals surface area contributed by atoms with Gasteiger partial charge in [0.25, 0.3) is 0 Å². The Morgan fingerprint density at radius 2 is 1.63 bits per heavy atom. The Kier molecular flexibility index (Phi) is 3.31. The van der Waals surface area contributed by atoms with E-state index < -0.39 is 6.10 Å². The van der Waals surface area contributed by atoms with Crippen LogP contribution in [0.1, 0.15) is 47.1 Å². The molecule has 0 unspecified atom stereocenters. The summed E-state index contributed by atoms with van der Waals surface area (Å²) < 4.78 is 6.17. The van der Waals surface area contributed by atoms with Gasteiger partial charge in [0, 0.05) is 5.41 Å². The number of ether oxygens (including phenoxy) is 1. The molecule has 0 bridgehead atoms. The first-order chi connectivity index (χ1) is 8.61. The van der Waals surface area contributed by atoms with E-state index in [0.29, 0.717) is 0 Å². The van der Waals surface area contributed by atoms with Gasteiger partial charge in [0.05, 0.1) is 17.8 Å². The molecule has 1 aliphatic heterocycles. The molecule has 1 fully saturated rings. The predicted octanol–water partition coefficient (Wildman–Crippen LogP) is 3.73. The quantitative estimate of drug-likeness (QED) is 0.880. The summed E-state index contributed by atoms with van der Waals surface area (Å²) in [7, 11) is 0. The summed E-state index contributed by atoms with van der Waals surface area (Å²) in [6.45, 7) is 12.6. The van der Waals surface area contributed by atoms with Gasteiger partial charge >= 0.3 is 0 Å². The number of aliphatic hydroxyl groups excluding tert-OH is 1. The van der Waals surface area contributed by atoms with Crippen LogP contribution < -0.4 is 0 Å². The standard InChI is InChI=1S/C17H26O2/c1-15(2,3)13(18)14-16(4,5)17(6,19-14)12-10-8-7-9-11-12/h7-11,13-14,18H,1-6H3/t13-,14-,17+/m1/s1. The molecule has 1 aliphatic rings. The molecular weight excluding hydrogens is 236 g/mol. The van der Waals surface area contributed by atoms with Gasteiger partial charge in [-0.05, 0) is 17.9 Å². The second kappa shape index (κ2) is 4.32. The summed E-state index contributed by atoms with van der Waals surface area (Å²) in [4.78, 5) is 0. The van der Waals surface area contributed by atoms with Crippen LogP contribution in [0.4, 0.5) is 0 Å². The van der Waals surface area contributed by atoms with Gasteiger partial charge in [0.2, 0.25) is 0 Å². The maximum absolute atomic E-state index is 10.5. The van der Waals surface area contributed by atoms with E-state index in [1.807, 2.05) is 18.2 Å². The van der Waals surface area contributed by atoms with E-state index in [2.05, 4.69) is 53.7 Å². The lowest BCUT2D eigenvalue weighted by molar-refractivity contribution is -0.341. The summed E-state index contributed by atoms with van der Waals surface area (Å²) >= 11 is 0. The molecule has 0 aromatic heterocycles. The minimum atomic E-state index is -0.459. The lowest BCUT2D eigenvalue weighted by Crippen LogP contribution is -2.68. The van der Waals surface area contributed by atoms with Crippen LogP contribution in [0.2, 0.25) is 0 Å². The Balaban J connectivity index is 2.27. The van der Waals surface area contributed by atoms with Crippen molar-refractivity contribution in [3.05, 3.63) is 35.9 Å². The summed E-state index contributed by atoms with van der Waals surface area (Å²) in [5.41, 5.74) is 0.587. The third-order valence-electron chi connectivity index (χ3n) is 4.80. The molecule has 0 amide bonds. The van der Waals surface area contributed by atoms with Crippen LogP contribution in [0.15, 0.2) is 30.3 Å². The second-order valence-electron chi connectivity index (χ2n) is 7.47. The lowest BCUT2D eigenvalue weighted by Gasteiger charge is -2.62. The molecular formula is C17H26O2. The molecule has 1 heterocycles. The van der Waals surface area contributed by atoms with Gasteiger partial charge in [-0.1, -0.05) is 65.0 Å². The Bertz CT molecular complexity index is 444. The summed E-state index contributed by atoms with van der Waals surface area (Å²) in [6, 6.07) is 10.3. The molecule has 19 heavy (non-hydrogen) atoms. The molecule has 106 valence electrons. The molecule has 1 aromatic carbocycles. The summed E-state index contributed by atoms with van der Waals surface area (Å²) in [5, 5.41) is 10.5. The minimum absolute atomic E-state index is 0.0962. The number of benzene rings is 1. The largest absolute Gasteiger partial charge is 0.390 e. The highest BCUT2D eigenvalue weighted by molar-refractivity contribution is 5.29. The van der Waals surface area contributed by atoms with E-state index in [1.165, 1.54) is 5.56 Å². The van der Waals surface area contributed by atoms with Crippen molar-refractivity contribution in [3.63, 3.8) is 0 Å². The minimum Gasteiger partial charge on any atom is -0.390 e. The van der Waals surface area contributed by atoms with Crippen LogP contribution in [0.25, 0.3) is 0 Å². The lowest BCUT2D eigenvalue weighted by atomic mass is 9.59. The molecule has 1 aromatic rings. The van der Waals surface area contributed by atoms with Crippen molar-refractivity contribution in [1.29, 1.82) is 0 Å². The molecule has 0 spiro atoms. The fourth-order valence-corrected chi connectivity index (χ4v) is 2.88. The zero-order chi connectivity index (χ0) is 14.5. The molecule has 1 N–H and O–H groups in total. The van der Waals surface area contributed by atoms with Crippen LogP contribution >= 0.6 is 0 Å². The maximum Gasteiger partial charge on any atom is 0.0985 e. The van der Waals surface area contributed by atoms with E-state index in [0.717, 1.165) is 0 Å². The van der Waals surface area contributed by atoms with Crippen LogP contribution in [-0.4, -0.2) is 17.3 Å². The van der Waals surface area contributed by atoms with E-state index in [4.69, 9.17) is 4.74 Å². The molecule has 3 atom stereocenters. The van der Waals surface area contributed by atoms with Crippen molar-refractivity contribution in [2.75, 3.05) is 0 Å². The predicted molar refractivity (Wildman–Crippen MR) is 77.9 cm³/mol. The van der Waals surface area contributed by atoms with Gasteiger partial charge in [0.15, 0.2) is 0 Å². The second-order valence-corrected chi connectivity index (χ2v) is 7.47. The van der Waals surface area contributed by atoms with Gasteiger partial charge in [-0.15, -0.1) is 0 Å². The summed E-state index contributed by atoms with van der Waals surface area (Å²) in [5.74, 6) is 0. The zero-order valence-electron chi connectivity index (χ0n) is 12.9. The zero-order valence-corrected chi connectivity index (χ0v) is 12.9. The number of hydrogen-bond acceptors (Lipinski definition) is 2. The molecule has 0 aliphatic carbocycles. The van der Waals surface area contributed by atoms with Crippen molar-refractivity contribution in [3.8, 4) is 0 Å². The van der Waals surface area contributed by atoms with Crippen molar-refractivity contribution >= 4 is 0 Å². The van der Waals surface area contributed by atoms with Crippen LogP contribution in [0.5, 0.6) is 0 Å². The first kappa shape index (κ1) is 14.5. The van der Waals surface area contributed by atoms with Crippen molar-refractivity contribution in [2.24, 2.45) is 10.8 Å². The number of hydrogen-bond donors (Lipinski definition) is 1. The smallest absolute Gasteiger partial charge is 0.0985 e. The van der Waals surface area contributed by atoms with E-state index >= 15 is 0 Å². The van der Waals surface area contributed by atoms with Gasteiger partial charge in [0.1, 0.15) is 0 Å². The Morgan fingerprint density at radius 1 is 1.11 bits per heavy atom. The Labute approximate surface area is 116 Å². The van der Waals surface area contributed by atoms with Crippen molar-refractivity contribution < 1.29 is 9.84 Å². The average molecular weight is 262 g/mol. The van der Waals surface area contributed by atoms with Crippen molar-refractivity contribution in [2.45, 2.75) is 59.4 Å². The topological polar surface area (TPSA) is 29.5 Å². The molecule has 0 radical (unpaired) electrons. The van der Waals surface area contributed by atoms with Crippen LogP contribution in [0, 0.1) is 10.8 Å². The summed E-state index contributed by atoms with van der Waals surface area (Å²) in [6.07, 6.45) is -0.586. The SMILES string of the molecule is CC(C)(C)[C@H](O)[C@H]1O[C@@](C)(c2ccccc2)C1(C)C. The highest BCUT2D eigenvalue weighted by atomic mass is 16.6. The third-order valence-corrected chi connectivity index (χ3v) is 4.80. The normalized spacial score (nSPS) is 31.6. The maximum atomic E-state index is 10.5. The van der Waals surface area contributed by atoms with Crippen LogP contribution in [-0.2, 0) is 10.3 Å². The van der Waals surface area contributed by atoms with Crippen molar-refractivity contribution in [1.82, 2.24) is 0 Å². The molecule has 1 saturated heterocycles. The monoisotopic (exact) mass is 262 g/mol. The molecule has 2 nitrogen and oxygen atoms in total.